The molecule has 1 amide bonds. The standard InChI is InChI=1S/C23H28N2O4/c1-29-22-8-6-18(17-5-7-21-19(15-17)9-11-24-21)16-20(22)10-13-25(23(27)28)12-3-2-4-14-26/h5-8,14-16,24H,2-4,9-13H2,1H3,(H,27,28). The van der Waals surface area contributed by atoms with E-state index in [1.54, 1.807) is 7.11 Å². The molecule has 1 aliphatic heterocycles. The van der Waals surface area contributed by atoms with Crippen LogP contribution in [0.1, 0.15) is 30.4 Å². The van der Waals surface area contributed by atoms with Gasteiger partial charge in [-0.3, -0.25) is 0 Å². The van der Waals surface area contributed by atoms with Gasteiger partial charge in [-0.15, -0.1) is 0 Å². The minimum Gasteiger partial charge on any atom is -0.496 e. The van der Waals surface area contributed by atoms with Gasteiger partial charge in [0.05, 0.1) is 7.11 Å². The second-order valence-electron chi connectivity index (χ2n) is 7.26. The predicted molar refractivity (Wildman–Crippen MR) is 114 cm³/mol. The van der Waals surface area contributed by atoms with E-state index in [0.29, 0.717) is 38.8 Å². The fourth-order valence-corrected chi connectivity index (χ4v) is 3.73. The highest BCUT2D eigenvalue weighted by atomic mass is 16.5. The number of carboxylic acid groups (broad SMARTS) is 1. The van der Waals surface area contributed by atoms with Crippen molar-refractivity contribution in [3.63, 3.8) is 0 Å². The normalized spacial score (nSPS) is 12.2. The summed E-state index contributed by atoms with van der Waals surface area (Å²) in [6.45, 7) is 1.80. The van der Waals surface area contributed by atoms with E-state index in [-0.39, 0.29) is 0 Å². The number of ether oxygens (including phenoxy) is 1. The smallest absolute Gasteiger partial charge is 0.407 e. The summed E-state index contributed by atoms with van der Waals surface area (Å²) in [5.41, 5.74) is 5.77. The van der Waals surface area contributed by atoms with Crippen LogP contribution in [0.15, 0.2) is 36.4 Å². The maximum atomic E-state index is 11.6. The van der Waals surface area contributed by atoms with Gasteiger partial charge >= 0.3 is 6.09 Å². The van der Waals surface area contributed by atoms with Crippen molar-refractivity contribution < 1.29 is 19.4 Å². The molecule has 1 aliphatic rings. The molecule has 1 heterocycles. The Balaban J connectivity index is 1.73. The molecule has 29 heavy (non-hydrogen) atoms. The van der Waals surface area contributed by atoms with E-state index >= 15 is 0 Å². The summed E-state index contributed by atoms with van der Waals surface area (Å²) >= 11 is 0. The molecule has 0 bridgehead atoms. The van der Waals surface area contributed by atoms with Crippen LogP contribution in [-0.2, 0) is 17.6 Å². The van der Waals surface area contributed by atoms with Crippen molar-refractivity contribution in [2.75, 3.05) is 32.1 Å². The lowest BCUT2D eigenvalue weighted by Crippen LogP contribution is -2.32. The van der Waals surface area contributed by atoms with Crippen molar-refractivity contribution >= 4 is 18.1 Å². The Labute approximate surface area is 171 Å². The van der Waals surface area contributed by atoms with Gasteiger partial charge in [-0.1, -0.05) is 12.1 Å². The van der Waals surface area contributed by atoms with Crippen molar-refractivity contribution in [3.8, 4) is 16.9 Å². The predicted octanol–water partition coefficient (Wildman–Crippen LogP) is 4.22. The van der Waals surface area contributed by atoms with Gasteiger partial charge in [-0.05, 0) is 72.2 Å². The molecule has 154 valence electrons. The Bertz CT molecular complexity index is 866. The Kier molecular flexibility index (Phi) is 7.11. The maximum Gasteiger partial charge on any atom is 0.407 e. The third-order valence-corrected chi connectivity index (χ3v) is 5.35. The number of carbonyl (C=O) groups excluding carboxylic acids is 1. The molecule has 0 radical (unpaired) electrons. The molecule has 0 unspecified atom stereocenters. The van der Waals surface area contributed by atoms with E-state index in [1.165, 1.54) is 16.2 Å². The Morgan fingerprint density at radius 1 is 1.17 bits per heavy atom. The molecular weight excluding hydrogens is 368 g/mol. The third-order valence-electron chi connectivity index (χ3n) is 5.35. The van der Waals surface area contributed by atoms with Crippen molar-refractivity contribution in [3.05, 3.63) is 47.5 Å². The average molecular weight is 396 g/mol. The molecule has 0 spiro atoms. The van der Waals surface area contributed by atoms with Gasteiger partial charge in [0.1, 0.15) is 12.0 Å². The number of benzene rings is 2. The van der Waals surface area contributed by atoms with Gasteiger partial charge in [0.2, 0.25) is 0 Å². The van der Waals surface area contributed by atoms with E-state index in [1.807, 2.05) is 12.1 Å². The zero-order valence-electron chi connectivity index (χ0n) is 16.8. The first kappa shape index (κ1) is 20.7. The lowest BCUT2D eigenvalue weighted by atomic mass is 9.98. The van der Waals surface area contributed by atoms with Crippen molar-refractivity contribution in [2.45, 2.75) is 32.1 Å². The van der Waals surface area contributed by atoms with Crippen LogP contribution in [0.5, 0.6) is 5.75 Å². The van der Waals surface area contributed by atoms with Crippen LogP contribution in [0, 0.1) is 0 Å². The molecule has 3 rings (SSSR count). The fourth-order valence-electron chi connectivity index (χ4n) is 3.73. The monoisotopic (exact) mass is 396 g/mol. The minimum absolute atomic E-state index is 0.393. The number of hydrogen-bond acceptors (Lipinski definition) is 4. The van der Waals surface area contributed by atoms with Crippen molar-refractivity contribution in [2.24, 2.45) is 0 Å². The van der Waals surface area contributed by atoms with Crippen molar-refractivity contribution in [1.82, 2.24) is 4.90 Å². The Morgan fingerprint density at radius 2 is 1.97 bits per heavy atom. The number of nitrogens with one attached hydrogen (secondary N) is 1. The van der Waals surface area contributed by atoms with Crippen LogP contribution < -0.4 is 10.1 Å². The number of anilines is 1. The first-order valence-electron chi connectivity index (χ1n) is 10.1. The number of amides is 1. The Hall–Kier alpha value is -3.02. The minimum atomic E-state index is -0.933. The highest BCUT2D eigenvalue weighted by Crippen LogP contribution is 2.31. The lowest BCUT2D eigenvalue weighted by molar-refractivity contribution is -0.107. The van der Waals surface area contributed by atoms with Crippen LogP contribution in [0.25, 0.3) is 11.1 Å². The molecule has 0 fully saturated rings. The molecular formula is C23H28N2O4. The summed E-state index contributed by atoms with van der Waals surface area (Å²) in [5, 5.41) is 12.9. The Morgan fingerprint density at radius 3 is 2.72 bits per heavy atom. The summed E-state index contributed by atoms with van der Waals surface area (Å²) < 4.78 is 5.50. The lowest BCUT2D eigenvalue weighted by Gasteiger charge is -2.20. The molecule has 0 saturated carbocycles. The van der Waals surface area contributed by atoms with E-state index in [2.05, 4.69) is 29.6 Å². The van der Waals surface area contributed by atoms with Gasteiger partial charge in [0.25, 0.3) is 0 Å². The van der Waals surface area contributed by atoms with Crippen LogP contribution in [0.4, 0.5) is 10.5 Å². The SMILES string of the molecule is COc1ccc(-c2ccc3c(c2)CCN3)cc1CCN(CCCCC=O)C(=O)O. The highest BCUT2D eigenvalue weighted by molar-refractivity contribution is 5.71. The van der Waals surface area contributed by atoms with Gasteiger partial charge < -0.3 is 24.9 Å². The largest absolute Gasteiger partial charge is 0.496 e. The molecule has 2 N–H and O–H groups in total. The molecule has 0 saturated heterocycles. The summed E-state index contributed by atoms with van der Waals surface area (Å²) in [7, 11) is 1.63. The maximum absolute atomic E-state index is 11.6. The van der Waals surface area contributed by atoms with E-state index in [4.69, 9.17) is 4.74 Å². The molecule has 6 heteroatoms. The second kappa shape index (κ2) is 9.96. The first-order chi connectivity index (χ1) is 14.1. The van der Waals surface area contributed by atoms with Gasteiger partial charge in [-0.25, -0.2) is 4.79 Å². The van der Waals surface area contributed by atoms with Crippen LogP contribution in [-0.4, -0.2) is 49.1 Å². The highest BCUT2D eigenvalue weighted by Gasteiger charge is 2.15. The molecule has 2 aromatic carbocycles. The molecule has 0 atom stereocenters. The fraction of sp³-hybridized carbons (Fsp3) is 0.391. The zero-order valence-corrected chi connectivity index (χ0v) is 16.8. The van der Waals surface area contributed by atoms with Gasteiger partial charge in [0.15, 0.2) is 0 Å². The molecule has 2 aromatic rings. The van der Waals surface area contributed by atoms with Crippen LogP contribution in [0.3, 0.4) is 0 Å². The summed E-state index contributed by atoms with van der Waals surface area (Å²) in [6.07, 6.45) is 3.41. The third kappa shape index (κ3) is 5.28. The number of carbonyl (C=O) groups is 2. The van der Waals surface area contributed by atoms with Crippen molar-refractivity contribution in [1.29, 1.82) is 0 Å². The van der Waals surface area contributed by atoms with Gasteiger partial charge in [-0.2, -0.15) is 0 Å². The number of fused-ring (bicyclic) bond motifs is 1. The molecule has 0 aromatic heterocycles. The number of rotatable bonds is 10. The van der Waals surface area contributed by atoms with Crippen LogP contribution >= 0.6 is 0 Å². The summed E-state index contributed by atoms with van der Waals surface area (Å²) in [6, 6.07) is 12.5. The number of unbranched alkanes of at least 4 members (excludes halogenated alkanes) is 2. The number of aldehydes is 1. The number of methoxy groups -OCH3 is 1. The number of nitrogens with zero attached hydrogens (tertiary/aromatic N) is 1. The number of hydrogen-bond donors (Lipinski definition) is 2. The van der Waals surface area contributed by atoms with Gasteiger partial charge in [0, 0.05) is 31.7 Å². The van der Waals surface area contributed by atoms with E-state index < -0.39 is 6.09 Å². The molecule has 0 aliphatic carbocycles. The second-order valence-corrected chi connectivity index (χ2v) is 7.26. The first-order valence-corrected chi connectivity index (χ1v) is 10.1. The quantitative estimate of drug-likeness (QED) is 0.464. The zero-order chi connectivity index (χ0) is 20.6. The van der Waals surface area contributed by atoms with Crippen LogP contribution in [0.2, 0.25) is 0 Å². The average Bonchev–Trinajstić information content (AvgIpc) is 3.20. The molecule has 6 nitrogen and oxygen atoms in total. The van der Waals surface area contributed by atoms with E-state index in [9.17, 15) is 14.7 Å². The summed E-state index contributed by atoms with van der Waals surface area (Å²) in [5.74, 6) is 0.767. The summed E-state index contributed by atoms with van der Waals surface area (Å²) in [4.78, 5) is 23.4. The topological polar surface area (TPSA) is 78.9 Å². The van der Waals surface area contributed by atoms with E-state index in [0.717, 1.165) is 41.7 Å².